The second kappa shape index (κ2) is 7.83. The molecule has 0 unspecified atom stereocenters. The average molecular weight is 299 g/mol. The minimum absolute atomic E-state index is 0.130. The SMILES string of the molecule is COC(=O)C[C@H](NC(=O)COc1cccc(F)c1)C(=O)O. The first-order valence-corrected chi connectivity index (χ1v) is 5.89. The number of aliphatic carboxylic acids is 1. The molecule has 21 heavy (non-hydrogen) atoms. The summed E-state index contributed by atoms with van der Waals surface area (Å²) in [5.74, 6) is -3.30. The van der Waals surface area contributed by atoms with Crippen molar-refractivity contribution in [3.8, 4) is 5.75 Å². The fourth-order valence-corrected chi connectivity index (χ4v) is 1.39. The molecule has 0 fully saturated rings. The smallest absolute Gasteiger partial charge is 0.326 e. The molecule has 0 saturated carbocycles. The third-order valence-electron chi connectivity index (χ3n) is 2.40. The Balaban J connectivity index is 2.50. The maximum Gasteiger partial charge on any atom is 0.326 e. The van der Waals surface area contributed by atoms with Gasteiger partial charge in [-0.25, -0.2) is 9.18 Å². The highest BCUT2D eigenvalue weighted by atomic mass is 19.1. The minimum Gasteiger partial charge on any atom is -0.484 e. The van der Waals surface area contributed by atoms with Crippen LogP contribution in [0.1, 0.15) is 6.42 Å². The first-order chi connectivity index (χ1) is 9.92. The number of carbonyl (C=O) groups is 3. The van der Waals surface area contributed by atoms with Gasteiger partial charge in [0.1, 0.15) is 17.6 Å². The zero-order chi connectivity index (χ0) is 15.8. The Morgan fingerprint density at radius 3 is 2.67 bits per heavy atom. The van der Waals surface area contributed by atoms with Gasteiger partial charge in [0.2, 0.25) is 0 Å². The Morgan fingerprint density at radius 2 is 2.10 bits per heavy atom. The highest BCUT2D eigenvalue weighted by molar-refractivity contribution is 5.87. The number of rotatable bonds is 7. The lowest BCUT2D eigenvalue weighted by atomic mass is 10.2. The number of nitrogens with one attached hydrogen (secondary N) is 1. The molecule has 7 nitrogen and oxygen atoms in total. The molecule has 1 rings (SSSR count). The van der Waals surface area contributed by atoms with Crippen LogP contribution in [0.5, 0.6) is 5.75 Å². The van der Waals surface area contributed by atoms with Gasteiger partial charge in [0.15, 0.2) is 6.61 Å². The highest BCUT2D eigenvalue weighted by Gasteiger charge is 2.23. The van der Waals surface area contributed by atoms with Crippen molar-refractivity contribution in [2.75, 3.05) is 13.7 Å². The number of benzene rings is 1. The lowest BCUT2D eigenvalue weighted by molar-refractivity contribution is -0.148. The highest BCUT2D eigenvalue weighted by Crippen LogP contribution is 2.11. The van der Waals surface area contributed by atoms with Crippen LogP contribution in [-0.2, 0) is 19.1 Å². The van der Waals surface area contributed by atoms with E-state index in [1.807, 2.05) is 0 Å². The van der Waals surface area contributed by atoms with E-state index in [4.69, 9.17) is 9.84 Å². The van der Waals surface area contributed by atoms with Crippen LogP contribution in [0.2, 0.25) is 0 Å². The molecular weight excluding hydrogens is 285 g/mol. The Bertz CT molecular complexity index is 533. The van der Waals surface area contributed by atoms with Gasteiger partial charge in [-0.05, 0) is 12.1 Å². The molecule has 8 heteroatoms. The van der Waals surface area contributed by atoms with E-state index in [1.54, 1.807) is 0 Å². The van der Waals surface area contributed by atoms with Crippen LogP contribution in [0, 0.1) is 5.82 Å². The molecule has 0 bridgehead atoms. The van der Waals surface area contributed by atoms with Gasteiger partial charge in [-0.3, -0.25) is 9.59 Å². The molecule has 1 atom stereocenters. The second-order valence-corrected chi connectivity index (χ2v) is 3.98. The molecule has 0 spiro atoms. The number of hydrogen-bond acceptors (Lipinski definition) is 5. The molecule has 1 amide bonds. The maximum atomic E-state index is 12.9. The van der Waals surface area contributed by atoms with Crippen molar-refractivity contribution < 1.29 is 33.4 Å². The quantitative estimate of drug-likeness (QED) is 0.704. The van der Waals surface area contributed by atoms with E-state index in [-0.39, 0.29) is 5.75 Å². The summed E-state index contributed by atoms with van der Waals surface area (Å²) >= 11 is 0. The molecule has 0 aliphatic rings. The molecule has 0 aliphatic heterocycles. The van der Waals surface area contributed by atoms with Crippen LogP contribution in [0.4, 0.5) is 4.39 Å². The number of esters is 1. The van der Waals surface area contributed by atoms with Crippen LogP contribution >= 0.6 is 0 Å². The summed E-state index contributed by atoms with van der Waals surface area (Å²) < 4.78 is 22.2. The standard InChI is InChI=1S/C13H14FNO6/c1-20-12(17)6-10(13(18)19)15-11(16)7-21-9-4-2-3-8(14)5-9/h2-5,10H,6-7H2,1H3,(H,15,16)(H,18,19)/t10-/m0/s1. The van der Waals surface area contributed by atoms with Gasteiger partial charge in [-0.15, -0.1) is 0 Å². The summed E-state index contributed by atoms with van der Waals surface area (Å²) in [6.07, 6.45) is -0.502. The van der Waals surface area contributed by atoms with Crippen LogP contribution in [0.25, 0.3) is 0 Å². The number of methoxy groups -OCH3 is 1. The Kier molecular flexibility index (Phi) is 6.12. The third kappa shape index (κ3) is 5.89. The zero-order valence-electron chi connectivity index (χ0n) is 11.2. The van der Waals surface area contributed by atoms with Crippen molar-refractivity contribution in [3.63, 3.8) is 0 Å². The van der Waals surface area contributed by atoms with E-state index >= 15 is 0 Å². The second-order valence-electron chi connectivity index (χ2n) is 3.98. The Labute approximate surface area is 119 Å². The molecule has 1 aromatic carbocycles. The number of carbonyl (C=O) groups excluding carboxylic acids is 2. The first-order valence-electron chi connectivity index (χ1n) is 5.89. The fourth-order valence-electron chi connectivity index (χ4n) is 1.39. The molecule has 1 aromatic rings. The molecule has 0 aliphatic carbocycles. The van der Waals surface area contributed by atoms with Gasteiger partial charge < -0.3 is 19.9 Å². The van der Waals surface area contributed by atoms with Crippen molar-refractivity contribution in [3.05, 3.63) is 30.1 Å². The van der Waals surface area contributed by atoms with E-state index in [0.29, 0.717) is 0 Å². The van der Waals surface area contributed by atoms with E-state index < -0.39 is 42.7 Å². The van der Waals surface area contributed by atoms with Gasteiger partial charge in [0.25, 0.3) is 5.91 Å². The van der Waals surface area contributed by atoms with Gasteiger partial charge in [0, 0.05) is 6.07 Å². The molecule has 2 N–H and O–H groups in total. The Hall–Kier alpha value is -2.64. The molecule has 0 radical (unpaired) electrons. The van der Waals surface area contributed by atoms with E-state index in [2.05, 4.69) is 10.1 Å². The maximum absolute atomic E-state index is 12.9. The summed E-state index contributed by atoms with van der Waals surface area (Å²) in [5.41, 5.74) is 0. The summed E-state index contributed by atoms with van der Waals surface area (Å²) in [4.78, 5) is 33.4. The largest absolute Gasteiger partial charge is 0.484 e. The van der Waals surface area contributed by atoms with Gasteiger partial charge in [-0.2, -0.15) is 0 Å². The number of carboxylic acids is 1. The van der Waals surface area contributed by atoms with Crippen molar-refractivity contribution in [1.29, 1.82) is 0 Å². The molecule has 0 saturated heterocycles. The lowest BCUT2D eigenvalue weighted by Crippen LogP contribution is -2.44. The first kappa shape index (κ1) is 16.4. The summed E-state index contributed by atoms with van der Waals surface area (Å²) in [6, 6.07) is 3.72. The van der Waals surface area contributed by atoms with E-state index in [1.165, 1.54) is 18.2 Å². The summed E-state index contributed by atoms with van der Waals surface area (Å²) in [7, 11) is 1.11. The van der Waals surface area contributed by atoms with Crippen molar-refractivity contribution in [1.82, 2.24) is 5.32 Å². The van der Waals surface area contributed by atoms with Gasteiger partial charge >= 0.3 is 11.9 Å². The number of halogens is 1. The number of carboxylic acid groups (broad SMARTS) is 1. The zero-order valence-corrected chi connectivity index (χ0v) is 11.2. The van der Waals surface area contributed by atoms with Crippen LogP contribution < -0.4 is 10.1 Å². The lowest BCUT2D eigenvalue weighted by Gasteiger charge is -2.13. The van der Waals surface area contributed by atoms with Crippen molar-refractivity contribution in [2.24, 2.45) is 0 Å². The van der Waals surface area contributed by atoms with E-state index in [0.717, 1.165) is 13.2 Å². The average Bonchev–Trinajstić information content (AvgIpc) is 2.44. The number of ether oxygens (including phenoxy) is 2. The van der Waals surface area contributed by atoms with Gasteiger partial charge in [0.05, 0.1) is 13.5 Å². The van der Waals surface area contributed by atoms with Gasteiger partial charge in [-0.1, -0.05) is 6.07 Å². The topological polar surface area (TPSA) is 102 Å². The van der Waals surface area contributed by atoms with Crippen LogP contribution in [0.15, 0.2) is 24.3 Å². The fraction of sp³-hybridized carbons (Fsp3) is 0.308. The van der Waals surface area contributed by atoms with Crippen molar-refractivity contribution in [2.45, 2.75) is 12.5 Å². The number of hydrogen-bond donors (Lipinski definition) is 2. The van der Waals surface area contributed by atoms with Crippen molar-refractivity contribution >= 4 is 17.8 Å². The predicted octanol–water partition coefficient (Wildman–Crippen LogP) is 0.337. The summed E-state index contributed by atoms with van der Waals surface area (Å²) in [5, 5.41) is 11.0. The molecular formula is C13H14FNO6. The summed E-state index contributed by atoms with van der Waals surface area (Å²) in [6.45, 7) is -0.506. The predicted molar refractivity (Wildman–Crippen MR) is 68.1 cm³/mol. The third-order valence-corrected chi connectivity index (χ3v) is 2.40. The minimum atomic E-state index is -1.42. The molecule has 0 aromatic heterocycles. The van der Waals surface area contributed by atoms with E-state index in [9.17, 15) is 18.8 Å². The van der Waals surface area contributed by atoms with Crippen LogP contribution in [0.3, 0.4) is 0 Å². The molecule has 114 valence electrons. The van der Waals surface area contributed by atoms with Crippen LogP contribution in [-0.4, -0.2) is 42.7 Å². The normalized spacial score (nSPS) is 11.3. The Morgan fingerprint density at radius 1 is 1.38 bits per heavy atom. The number of amides is 1. The monoisotopic (exact) mass is 299 g/mol. The molecule has 0 heterocycles.